The lowest BCUT2D eigenvalue weighted by Gasteiger charge is -2.30. The van der Waals surface area contributed by atoms with Crippen LogP contribution in [0.25, 0.3) is 11.0 Å². The Labute approximate surface area is 218 Å². The highest BCUT2D eigenvalue weighted by Gasteiger charge is 2.30. The second-order valence-electron chi connectivity index (χ2n) is 9.43. The van der Waals surface area contributed by atoms with E-state index in [0.717, 1.165) is 11.1 Å². The van der Waals surface area contributed by atoms with Gasteiger partial charge in [0.1, 0.15) is 11.4 Å². The highest BCUT2D eigenvalue weighted by Crippen LogP contribution is 2.28. The lowest BCUT2D eigenvalue weighted by molar-refractivity contribution is 0.0699. The lowest BCUT2D eigenvalue weighted by atomic mass is 9.97. The van der Waals surface area contributed by atoms with Crippen LogP contribution in [0.5, 0.6) is 0 Å². The summed E-state index contributed by atoms with van der Waals surface area (Å²) < 4.78 is 7.52. The number of hydrogen-bond acceptors (Lipinski definition) is 5. The van der Waals surface area contributed by atoms with Crippen LogP contribution in [0.2, 0.25) is 0 Å². The van der Waals surface area contributed by atoms with Gasteiger partial charge < -0.3 is 9.32 Å². The first-order chi connectivity index (χ1) is 18.5. The van der Waals surface area contributed by atoms with Gasteiger partial charge in [-0.15, -0.1) is 0 Å². The van der Waals surface area contributed by atoms with Crippen molar-refractivity contribution < 1.29 is 9.21 Å². The van der Waals surface area contributed by atoms with E-state index < -0.39 is 5.91 Å². The van der Waals surface area contributed by atoms with Crippen molar-refractivity contribution in [2.75, 3.05) is 6.54 Å². The minimum Gasteiger partial charge on any atom is -0.451 e. The van der Waals surface area contributed by atoms with Gasteiger partial charge in [0.25, 0.3) is 11.5 Å². The van der Waals surface area contributed by atoms with Gasteiger partial charge in [0.15, 0.2) is 11.2 Å². The molecule has 0 saturated carbocycles. The van der Waals surface area contributed by atoms with Crippen molar-refractivity contribution in [1.29, 1.82) is 0 Å². The molecule has 7 nitrogen and oxygen atoms in total. The molecule has 0 spiro atoms. The fourth-order valence-corrected chi connectivity index (χ4v) is 5.22. The van der Waals surface area contributed by atoms with Crippen molar-refractivity contribution in [1.82, 2.24) is 14.5 Å². The standard InChI is InChI=1S/C31H25N3O4/c1-20-32-25-19-33(31(37)28-18-26(35)24-14-8-9-15-27(24)38-28)17-16-23(25)30(36)34(20)29(21-10-4-2-5-11-21)22-12-6-3-7-13-22/h2-15,18,29H,16-17,19H2,1H3. The third kappa shape index (κ3) is 4.12. The predicted octanol–water partition coefficient (Wildman–Crippen LogP) is 4.49. The lowest BCUT2D eigenvalue weighted by Crippen LogP contribution is -2.42. The van der Waals surface area contributed by atoms with Crippen molar-refractivity contribution in [3.05, 3.63) is 146 Å². The number of fused-ring (bicyclic) bond motifs is 2. The van der Waals surface area contributed by atoms with Gasteiger partial charge in [-0.05, 0) is 36.6 Å². The quantitative estimate of drug-likeness (QED) is 0.361. The van der Waals surface area contributed by atoms with E-state index in [1.807, 2.05) is 67.6 Å². The molecule has 0 unspecified atom stereocenters. The van der Waals surface area contributed by atoms with E-state index in [1.165, 1.54) is 6.07 Å². The maximum Gasteiger partial charge on any atom is 0.290 e. The first-order valence-corrected chi connectivity index (χ1v) is 12.5. The van der Waals surface area contributed by atoms with E-state index in [2.05, 4.69) is 0 Å². The monoisotopic (exact) mass is 503 g/mol. The Hall–Kier alpha value is -4.78. The van der Waals surface area contributed by atoms with Crippen LogP contribution in [-0.4, -0.2) is 26.9 Å². The molecule has 1 aliphatic rings. The van der Waals surface area contributed by atoms with Crippen LogP contribution in [0.4, 0.5) is 0 Å². The van der Waals surface area contributed by atoms with Gasteiger partial charge in [0.2, 0.25) is 0 Å². The molecule has 7 heteroatoms. The molecule has 0 fully saturated rings. The summed E-state index contributed by atoms with van der Waals surface area (Å²) in [5, 5.41) is 0.428. The molecule has 188 valence electrons. The van der Waals surface area contributed by atoms with Crippen LogP contribution < -0.4 is 11.0 Å². The van der Waals surface area contributed by atoms with Crippen LogP contribution in [0.3, 0.4) is 0 Å². The number of benzene rings is 3. The van der Waals surface area contributed by atoms with E-state index in [1.54, 1.807) is 33.7 Å². The van der Waals surface area contributed by atoms with Gasteiger partial charge in [0.05, 0.1) is 23.7 Å². The number of para-hydroxylation sites is 1. The zero-order valence-electron chi connectivity index (χ0n) is 20.8. The number of nitrogens with zero attached hydrogens (tertiary/aromatic N) is 3. The second kappa shape index (κ2) is 9.59. The van der Waals surface area contributed by atoms with Gasteiger partial charge in [-0.1, -0.05) is 72.8 Å². The largest absolute Gasteiger partial charge is 0.451 e. The number of carbonyl (C=O) groups excluding carboxylic acids is 1. The molecule has 2 aromatic heterocycles. The first kappa shape index (κ1) is 23.6. The van der Waals surface area contributed by atoms with Crippen molar-refractivity contribution in [3.63, 3.8) is 0 Å². The Morgan fingerprint density at radius 1 is 0.895 bits per heavy atom. The maximum atomic E-state index is 13.9. The minimum absolute atomic E-state index is 0.0181. The van der Waals surface area contributed by atoms with Gasteiger partial charge in [-0.25, -0.2) is 4.98 Å². The van der Waals surface area contributed by atoms with Gasteiger partial charge in [-0.3, -0.25) is 19.0 Å². The molecule has 0 bridgehead atoms. The molecule has 0 radical (unpaired) electrons. The molecular weight excluding hydrogens is 478 g/mol. The van der Waals surface area contributed by atoms with Crippen LogP contribution in [0.1, 0.15) is 44.8 Å². The van der Waals surface area contributed by atoms with Crippen LogP contribution in [0.15, 0.2) is 105 Å². The van der Waals surface area contributed by atoms with Crippen molar-refractivity contribution in [2.45, 2.75) is 25.9 Å². The Bertz CT molecular complexity index is 1740. The topological polar surface area (TPSA) is 85.4 Å². The van der Waals surface area contributed by atoms with Crippen molar-refractivity contribution >= 4 is 16.9 Å². The number of aromatic nitrogens is 2. The average Bonchev–Trinajstić information content (AvgIpc) is 2.95. The second-order valence-corrected chi connectivity index (χ2v) is 9.43. The van der Waals surface area contributed by atoms with E-state index in [9.17, 15) is 14.4 Å². The zero-order chi connectivity index (χ0) is 26.2. The van der Waals surface area contributed by atoms with E-state index >= 15 is 0 Å². The van der Waals surface area contributed by atoms with Crippen molar-refractivity contribution in [2.24, 2.45) is 0 Å². The Balaban J connectivity index is 1.38. The number of amides is 1. The average molecular weight is 504 g/mol. The van der Waals surface area contributed by atoms with Gasteiger partial charge in [-0.2, -0.15) is 0 Å². The summed E-state index contributed by atoms with van der Waals surface area (Å²) in [5.41, 5.74) is 3.16. The Morgan fingerprint density at radius 3 is 2.21 bits per heavy atom. The molecule has 6 rings (SSSR count). The summed E-state index contributed by atoms with van der Waals surface area (Å²) in [7, 11) is 0. The highest BCUT2D eigenvalue weighted by atomic mass is 16.3. The molecule has 5 aromatic rings. The molecule has 0 N–H and O–H groups in total. The number of rotatable bonds is 4. The van der Waals surface area contributed by atoms with Gasteiger partial charge >= 0.3 is 0 Å². The summed E-state index contributed by atoms with van der Waals surface area (Å²) >= 11 is 0. The van der Waals surface area contributed by atoms with Gasteiger partial charge in [0, 0.05) is 18.2 Å². The van der Waals surface area contributed by atoms with E-state index in [-0.39, 0.29) is 29.3 Å². The fourth-order valence-electron chi connectivity index (χ4n) is 5.22. The number of carbonyl (C=O) groups is 1. The molecule has 0 aliphatic carbocycles. The third-order valence-corrected chi connectivity index (χ3v) is 7.06. The van der Waals surface area contributed by atoms with Crippen LogP contribution in [-0.2, 0) is 13.0 Å². The summed E-state index contributed by atoms with van der Waals surface area (Å²) in [5.74, 6) is 0.155. The number of hydrogen-bond donors (Lipinski definition) is 0. The third-order valence-electron chi connectivity index (χ3n) is 7.06. The Morgan fingerprint density at radius 2 is 1.53 bits per heavy atom. The first-order valence-electron chi connectivity index (χ1n) is 12.5. The molecule has 1 aliphatic heterocycles. The fraction of sp³-hybridized carbons (Fsp3) is 0.161. The zero-order valence-corrected chi connectivity index (χ0v) is 20.8. The molecule has 38 heavy (non-hydrogen) atoms. The van der Waals surface area contributed by atoms with E-state index in [4.69, 9.17) is 9.40 Å². The maximum absolute atomic E-state index is 13.9. The summed E-state index contributed by atoms with van der Waals surface area (Å²) in [6.45, 7) is 2.32. The van der Waals surface area contributed by atoms with Crippen LogP contribution >= 0.6 is 0 Å². The number of aryl methyl sites for hydroxylation is 1. The van der Waals surface area contributed by atoms with E-state index in [0.29, 0.717) is 41.0 Å². The molecule has 3 heterocycles. The normalized spacial score (nSPS) is 13.1. The molecule has 0 atom stereocenters. The Kier molecular flexibility index (Phi) is 5.96. The highest BCUT2D eigenvalue weighted by molar-refractivity contribution is 5.93. The summed E-state index contributed by atoms with van der Waals surface area (Å²) in [4.78, 5) is 46.1. The molecule has 1 amide bonds. The molecule has 0 saturated heterocycles. The summed E-state index contributed by atoms with van der Waals surface area (Å²) in [6, 6.07) is 27.6. The predicted molar refractivity (Wildman–Crippen MR) is 144 cm³/mol. The minimum atomic E-state index is -0.395. The van der Waals surface area contributed by atoms with Crippen LogP contribution in [0, 0.1) is 6.92 Å². The SMILES string of the molecule is Cc1nc2c(c(=O)n1C(c1ccccc1)c1ccccc1)CCN(C(=O)c1cc(=O)c3ccccc3o1)C2. The smallest absolute Gasteiger partial charge is 0.290 e. The summed E-state index contributed by atoms with van der Waals surface area (Å²) in [6.07, 6.45) is 0.362. The molecular formula is C31H25N3O4. The molecule has 3 aromatic carbocycles. The van der Waals surface area contributed by atoms with Crippen molar-refractivity contribution in [3.8, 4) is 0 Å².